The van der Waals surface area contributed by atoms with Crippen LogP contribution >= 0.6 is 0 Å². The van der Waals surface area contributed by atoms with Gasteiger partial charge in [-0.05, 0) is 25.2 Å². The van der Waals surface area contributed by atoms with Crippen LogP contribution in [0.4, 0.5) is 0 Å². The van der Waals surface area contributed by atoms with Crippen molar-refractivity contribution in [3.8, 4) is 0 Å². The maximum Gasteiger partial charge on any atom is 0.326 e. The third kappa shape index (κ3) is 5.73. The standard InChI is InChI=1S/C15H26N2O4/c1-3-4-9-12(15(20)21)17-14(19)13(16-10(2)18)11-7-5-6-8-11/h11-13H,3-9H2,1-2H3,(H,16,18)(H,17,19)(H,20,21)/t12-,13?/m0/s1. The summed E-state index contributed by atoms with van der Waals surface area (Å²) in [6.45, 7) is 3.35. The van der Waals surface area contributed by atoms with Crippen molar-refractivity contribution in [2.45, 2.75) is 70.9 Å². The number of aliphatic carboxylic acids is 1. The monoisotopic (exact) mass is 298 g/mol. The fraction of sp³-hybridized carbons (Fsp3) is 0.800. The highest BCUT2D eigenvalue weighted by molar-refractivity contribution is 5.90. The third-order valence-corrected chi connectivity index (χ3v) is 3.97. The quantitative estimate of drug-likeness (QED) is 0.632. The molecule has 0 radical (unpaired) electrons. The van der Waals surface area contributed by atoms with E-state index in [0.29, 0.717) is 6.42 Å². The van der Waals surface area contributed by atoms with Gasteiger partial charge in [0.1, 0.15) is 12.1 Å². The molecule has 0 heterocycles. The first kappa shape index (κ1) is 17.5. The van der Waals surface area contributed by atoms with E-state index in [-0.39, 0.29) is 17.7 Å². The minimum absolute atomic E-state index is 0.106. The van der Waals surface area contributed by atoms with Crippen LogP contribution in [0.2, 0.25) is 0 Å². The van der Waals surface area contributed by atoms with Gasteiger partial charge in [-0.15, -0.1) is 0 Å². The fourth-order valence-corrected chi connectivity index (χ4v) is 2.83. The Kier molecular flexibility index (Phi) is 7.19. The first-order valence-corrected chi connectivity index (χ1v) is 7.76. The first-order valence-electron chi connectivity index (χ1n) is 7.76. The minimum atomic E-state index is -1.02. The number of unbranched alkanes of at least 4 members (excludes halogenated alkanes) is 1. The molecule has 0 aromatic rings. The van der Waals surface area contributed by atoms with Crippen molar-refractivity contribution in [2.75, 3.05) is 0 Å². The Labute approximate surface area is 125 Å². The van der Waals surface area contributed by atoms with Gasteiger partial charge in [0.25, 0.3) is 0 Å². The van der Waals surface area contributed by atoms with E-state index in [2.05, 4.69) is 10.6 Å². The normalized spacial score (nSPS) is 18.0. The lowest BCUT2D eigenvalue weighted by Gasteiger charge is -2.25. The van der Waals surface area contributed by atoms with Gasteiger partial charge in [-0.25, -0.2) is 4.79 Å². The topological polar surface area (TPSA) is 95.5 Å². The summed E-state index contributed by atoms with van der Waals surface area (Å²) < 4.78 is 0. The number of carbonyl (C=O) groups excluding carboxylic acids is 2. The number of amides is 2. The fourth-order valence-electron chi connectivity index (χ4n) is 2.83. The molecule has 1 aliphatic rings. The summed E-state index contributed by atoms with van der Waals surface area (Å²) in [6.07, 6.45) is 5.91. The molecule has 1 fully saturated rings. The van der Waals surface area contributed by atoms with E-state index in [4.69, 9.17) is 0 Å². The molecule has 0 spiro atoms. The number of carboxylic acid groups (broad SMARTS) is 1. The highest BCUT2D eigenvalue weighted by Gasteiger charge is 2.33. The molecule has 0 aliphatic heterocycles. The smallest absolute Gasteiger partial charge is 0.326 e. The van der Waals surface area contributed by atoms with Crippen LogP contribution in [0.25, 0.3) is 0 Å². The van der Waals surface area contributed by atoms with Gasteiger partial charge < -0.3 is 15.7 Å². The van der Waals surface area contributed by atoms with E-state index in [1.165, 1.54) is 6.92 Å². The van der Waals surface area contributed by atoms with Crippen molar-refractivity contribution in [1.82, 2.24) is 10.6 Å². The molecule has 1 unspecified atom stereocenters. The predicted octanol–water partition coefficient (Wildman–Crippen LogP) is 1.44. The van der Waals surface area contributed by atoms with E-state index < -0.39 is 18.1 Å². The molecule has 1 saturated carbocycles. The number of nitrogens with one attached hydrogen (secondary N) is 2. The van der Waals surface area contributed by atoms with Crippen LogP contribution in [-0.4, -0.2) is 35.0 Å². The van der Waals surface area contributed by atoms with Crippen LogP contribution in [0, 0.1) is 5.92 Å². The van der Waals surface area contributed by atoms with Crippen molar-refractivity contribution >= 4 is 17.8 Å². The Hall–Kier alpha value is -1.59. The van der Waals surface area contributed by atoms with E-state index in [0.717, 1.165) is 38.5 Å². The molecular weight excluding hydrogens is 272 g/mol. The van der Waals surface area contributed by atoms with Gasteiger partial charge in [-0.2, -0.15) is 0 Å². The summed E-state index contributed by atoms with van der Waals surface area (Å²) in [6, 6.07) is -1.50. The average molecular weight is 298 g/mol. The predicted molar refractivity (Wildman–Crippen MR) is 78.7 cm³/mol. The Morgan fingerprint density at radius 2 is 1.81 bits per heavy atom. The van der Waals surface area contributed by atoms with E-state index >= 15 is 0 Å². The number of carbonyl (C=O) groups is 3. The third-order valence-electron chi connectivity index (χ3n) is 3.97. The summed E-state index contributed by atoms with van der Waals surface area (Å²) in [7, 11) is 0. The zero-order valence-electron chi connectivity index (χ0n) is 12.9. The summed E-state index contributed by atoms with van der Waals surface area (Å²) in [4.78, 5) is 34.9. The van der Waals surface area contributed by atoms with Gasteiger partial charge in [-0.1, -0.05) is 32.6 Å². The van der Waals surface area contributed by atoms with Gasteiger partial charge in [0, 0.05) is 6.92 Å². The number of rotatable bonds is 8. The highest BCUT2D eigenvalue weighted by atomic mass is 16.4. The Morgan fingerprint density at radius 3 is 2.29 bits per heavy atom. The van der Waals surface area contributed by atoms with Gasteiger partial charge in [0.05, 0.1) is 0 Å². The molecule has 0 saturated heterocycles. The molecule has 3 N–H and O–H groups in total. The second kappa shape index (κ2) is 8.64. The van der Waals surface area contributed by atoms with E-state index in [9.17, 15) is 19.5 Å². The Morgan fingerprint density at radius 1 is 1.19 bits per heavy atom. The molecule has 0 aromatic carbocycles. The molecule has 21 heavy (non-hydrogen) atoms. The van der Waals surface area contributed by atoms with Crippen LogP contribution in [0.1, 0.15) is 58.8 Å². The van der Waals surface area contributed by atoms with Crippen LogP contribution in [0.5, 0.6) is 0 Å². The van der Waals surface area contributed by atoms with Gasteiger partial charge in [0.15, 0.2) is 0 Å². The second-order valence-corrected chi connectivity index (χ2v) is 5.76. The molecule has 0 bridgehead atoms. The van der Waals surface area contributed by atoms with Crippen LogP contribution in [0.15, 0.2) is 0 Å². The maximum atomic E-state index is 12.4. The second-order valence-electron chi connectivity index (χ2n) is 5.76. The number of carboxylic acids is 1. The molecule has 120 valence electrons. The molecule has 0 aromatic heterocycles. The summed E-state index contributed by atoms with van der Waals surface area (Å²) in [5.74, 6) is -1.55. The minimum Gasteiger partial charge on any atom is -0.480 e. The SMILES string of the molecule is CCCC[C@H](NC(=O)C(NC(C)=O)C1CCCC1)C(=O)O. The zero-order valence-corrected chi connectivity index (χ0v) is 12.9. The summed E-state index contributed by atoms with van der Waals surface area (Å²) >= 11 is 0. The van der Waals surface area contributed by atoms with Crippen LogP contribution in [0.3, 0.4) is 0 Å². The first-order chi connectivity index (χ1) is 9.95. The number of hydrogen-bond acceptors (Lipinski definition) is 3. The molecule has 1 aliphatic carbocycles. The molecular formula is C15H26N2O4. The van der Waals surface area contributed by atoms with Crippen LogP contribution in [-0.2, 0) is 14.4 Å². The van der Waals surface area contributed by atoms with Gasteiger partial charge in [-0.3, -0.25) is 9.59 Å². The molecule has 2 atom stereocenters. The van der Waals surface area contributed by atoms with Crippen molar-refractivity contribution in [2.24, 2.45) is 5.92 Å². The lowest BCUT2D eigenvalue weighted by atomic mass is 9.96. The lowest BCUT2D eigenvalue weighted by Crippen LogP contribution is -2.53. The molecule has 6 heteroatoms. The largest absolute Gasteiger partial charge is 0.480 e. The molecule has 2 amide bonds. The highest BCUT2D eigenvalue weighted by Crippen LogP contribution is 2.28. The summed E-state index contributed by atoms with van der Waals surface area (Å²) in [5.41, 5.74) is 0. The van der Waals surface area contributed by atoms with Gasteiger partial charge >= 0.3 is 5.97 Å². The lowest BCUT2D eigenvalue weighted by molar-refractivity contribution is -0.142. The maximum absolute atomic E-state index is 12.4. The van der Waals surface area contributed by atoms with E-state index in [1.807, 2.05) is 6.92 Å². The number of hydrogen-bond donors (Lipinski definition) is 3. The Balaban J connectivity index is 2.68. The zero-order chi connectivity index (χ0) is 15.8. The molecule has 1 rings (SSSR count). The van der Waals surface area contributed by atoms with Crippen LogP contribution < -0.4 is 10.6 Å². The van der Waals surface area contributed by atoms with Crippen molar-refractivity contribution < 1.29 is 19.5 Å². The average Bonchev–Trinajstić information content (AvgIpc) is 2.93. The summed E-state index contributed by atoms with van der Waals surface area (Å²) in [5, 5.41) is 14.4. The van der Waals surface area contributed by atoms with Crippen molar-refractivity contribution in [3.05, 3.63) is 0 Å². The molecule has 6 nitrogen and oxygen atoms in total. The van der Waals surface area contributed by atoms with Gasteiger partial charge in [0.2, 0.25) is 11.8 Å². The Bertz CT molecular complexity index is 378. The van der Waals surface area contributed by atoms with Crippen molar-refractivity contribution in [3.63, 3.8) is 0 Å². The van der Waals surface area contributed by atoms with E-state index in [1.54, 1.807) is 0 Å². The van der Waals surface area contributed by atoms with Crippen molar-refractivity contribution in [1.29, 1.82) is 0 Å².